The van der Waals surface area contributed by atoms with Crippen molar-refractivity contribution >= 4 is 15.9 Å². The molecule has 1 saturated carbocycles. The molecule has 1 aromatic rings. The molecule has 1 saturated heterocycles. The number of rotatable bonds is 0. The van der Waals surface area contributed by atoms with Gasteiger partial charge in [0, 0.05) is 22.7 Å². The molecule has 1 aromatic carbocycles. The Morgan fingerprint density at radius 3 is 2.44 bits per heavy atom. The average Bonchev–Trinajstić information content (AvgIpc) is 2.82. The Labute approximate surface area is 116 Å². The van der Waals surface area contributed by atoms with Gasteiger partial charge >= 0.3 is 0 Å². The van der Waals surface area contributed by atoms with Gasteiger partial charge in [-0.2, -0.15) is 0 Å². The van der Waals surface area contributed by atoms with E-state index in [1.807, 2.05) is 0 Å². The third-order valence-electron chi connectivity index (χ3n) is 4.95. The first-order valence-corrected chi connectivity index (χ1v) is 7.58. The Balaban J connectivity index is 1.58. The molecule has 0 bridgehead atoms. The van der Waals surface area contributed by atoms with Crippen LogP contribution in [0.5, 0.6) is 0 Å². The number of halogens is 1. The van der Waals surface area contributed by atoms with E-state index >= 15 is 0 Å². The van der Waals surface area contributed by atoms with Crippen LogP contribution in [0.4, 0.5) is 0 Å². The molecule has 0 unspecified atom stereocenters. The van der Waals surface area contributed by atoms with Gasteiger partial charge in [-0.1, -0.05) is 22.0 Å². The van der Waals surface area contributed by atoms with Crippen molar-refractivity contribution in [3.05, 3.63) is 33.8 Å². The summed E-state index contributed by atoms with van der Waals surface area (Å²) < 4.78 is 12.8. The van der Waals surface area contributed by atoms with Crippen LogP contribution in [-0.2, 0) is 21.3 Å². The van der Waals surface area contributed by atoms with Gasteiger partial charge < -0.3 is 9.47 Å². The molecule has 0 aromatic heterocycles. The van der Waals surface area contributed by atoms with Crippen LogP contribution in [0, 0.1) is 0 Å². The maximum atomic E-state index is 5.82. The van der Waals surface area contributed by atoms with Crippen LogP contribution in [0.3, 0.4) is 0 Å². The summed E-state index contributed by atoms with van der Waals surface area (Å²) in [7, 11) is 0. The zero-order valence-electron chi connectivity index (χ0n) is 10.4. The Hall–Kier alpha value is -0.380. The molecule has 1 aliphatic heterocycles. The summed E-state index contributed by atoms with van der Waals surface area (Å²) in [6, 6.07) is 6.73. The highest BCUT2D eigenvalue weighted by Gasteiger charge is 2.51. The first-order valence-electron chi connectivity index (χ1n) is 6.78. The van der Waals surface area contributed by atoms with Crippen LogP contribution >= 0.6 is 15.9 Å². The fourth-order valence-corrected chi connectivity index (χ4v) is 4.25. The van der Waals surface area contributed by atoms with Crippen LogP contribution in [0.1, 0.15) is 36.8 Å². The second kappa shape index (κ2) is 3.81. The first kappa shape index (κ1) is 11.4. The fraction of sp³-hybridized carbons (Fsp3) is 0.600. The summed E-state index contributed by atoms with van der Waals surface area (Å²) in [5.41, 5.74) is 3.51. The molecule has 2 nitrogen and oxygen atoms in total. The van der Waals surface area contributed by atoms with E-state index in [4.69, 9.17) is 9.47 Å². The Morgan fingerprint density at radius 2 is 1.72 bits per heavy atom. The number of fused-ring (bicyclic) bond motifs is 2. The van der Waals surface area contributed by atoms with E-state index in [1.165, 1.54) is 29.3 Å². The van der Waals surface area contributed by atoms with Crippen molar-refractivity contribution in [2.75, 3.05) is 13.2 Å². The molecule has 18 heavy (non-hydrogen) atoms. The van der Waals surface area contributed by atoms with E-state index < -0.39 is 0 Å². The predicted molar refractivity (Wildman–Crippen MR) is 72.6 cm³/mol. The van der Waals surface area contributed by atoms with Gasteiger partial charge in [0.2, 0.25) is 0 Å². The molecule has 3 aliphatic rings. The van der Waals surface area contributed by atoms with E-state index in [-0.39, 0.29) is 5.79 Å². The van der Waals surface area contributed by atoms with Crippen molar-refractivity contribution in [3.8, 4) is 0 Å². The maximum absolute atomic E-state index is 5.82. The van der Waals surface area contributed by atoms with Crippen molar-refractivity contribution in [2.24, 2.45) is 0 Å². The Bertz CT molecular complexity index is 481. The summed E-state index contributed by atoms with van der Waals surface area (Å²) in [6.07, 6.45) is 5.76. The van der Waals surface area contributed by atoms with Gasteiger partial charge in [0.05, 0.1) is 13.2 Å². The Kier molecular flexibility index (Phi) is 2.42. The lowest BCUT2D eigenvalue weighted by Gasteiger charge is -2.50. The molecule has 0 radical (unpaired) electrons. The summed E-state index contributed by atoms with van der Waals surface area (Å²) in [6.45, 7) is 1.55. The average molecular weight is 309 g/mol. The summed E-state index contributed by atoms with van der Waals surface area (Å²) in [4.78, 5) is 0. The maximum Gasteiger partial charge on any atom is 0.168 e. The molecule has 2 fully saturated rings. The molecule has 0 atom stereocenters. The Morgan fingerprint density at radius 1 is 1.00 bits per heavy atom. The number of benzene rings is 1. The third kappa shape index (κ3) is 1.54. The van der Waals surface area contributed by atoms with E-state index in [0.29, 0.717) is 5.41 Å². The van der Waals surface area contributed by atoms with Crippen LogP contribution in [-0.4, -0.2) is 19.0 Å². The molecule has 2 aliphatic carbocycles. The summed E-state index contributed by atoms with van der Waals surface area (Å²) >= 11 is 3.59. The molecule has 0 amide bonds. The number of hydrogen-bond donors (Lipinski definition) is 0. The molecule has 1 heterocycles. The molecule has 2 spiro atoms. The lowest BCUT2D eigenvalue weighted by atomic mass is 9.56. The van der Waals surface area contributed by atoms with E-state index in [1.54, 1.807) is 5.56 Å². The van der Waals surface area contributed by atoms with E-state index in [9.17, 15) is 0 Å². The van der Waals surface area contributed by atoms with Crippen molar-refractivity contribution in [3.63, 3.8) is 0 Å². The summed E-state index contributed by atoms with van der Waals surface area (Å²) in [5, 5.41) is 0. The highest BCUT2D eigenvalue weighted by molar-refractivity contribution is 9.10. The van der Waals surface area contributed by atoms with E-state index in [0.717, 1.165) is 26.1 Å². The first-order chi connectivity index (χ1) is 8.72. The summed E-state index contributed by atoms with van der Waals surface area (Å²) in [5.74, 6) is -0.229. The molecule has 3 heteroatoms. The zero-order chi connectivity index (χ0) is 12.2. The molecular formula is C15H17BrO2. The van der Waals surface area contributed by atoms with Gasteiger partial charge in [0.1, 0.15) is 0 Å². The van der Waals surface area contributed by atoms with Crippen LogP contribution in [0.2, 0.25) is 0 Å². The molecule has 96 valence electrons. The predicted octanol–water partition coefficient (Wildman–Crippen LogP) is 3.56. The van der Waals surface area contributed by atoms with Gasteiger partial charge in [-0.05, 0) is 42.5 Å². The number of ether oxygens (including phenoxy) is 2. The van der Waals surface area contributed by atoms with Gasteiger partial charge in [0.15, 0.2) is 5.79 Å². The van der Waals surface area contributed by atoms with Crippen LogP contribution in [0.15, 0.2) is 22.7 Å². The third-order valence-corrected chi connectivity index (χ3v) is 5.45. The van der Waals surface area contributed by atoms with Crippen molar-refractivity contribution in [1.29, 1.82) is 0 Å². The van der Waals surface area contributed by atoms with Crippen molar-refractivity contribution in [2.45, 2.75) is 43.3 Å². The highest BCUT2D eigenvalue weighted by Crippen LogP contribution is 2.54. The van der Waals surface area contributed by atoms with Crippen molar-refractivity contribution < 1.29 is 9.47 Å². The highest BCUT2D eigenvalue weighted by atomic mass is 79.9. The normalized spacial score (nSPS) is 27.2. The van der Waals surface area contributed by atoms with Crippen LogP contribution < -0.4 is 0 Å². The number of hydrogen-bond acceptors (Lipinski definition) is 2. The minimum absolute atomic E-state index is 0.229. The SMILES string of the molecule is Brc1ccc2c(c1)C1(CCC3(CC1)OCCO3)C2. The smallest absolute Gasteiger partial charge is 0.168 e. The minimum Gasteiger partial charge on any atom is -0.348 e. The van der Waals surface area contributed by atoms with Gasteiger partial charge in [-0.15, -0.1) is 0 Å². The second-order valence-corrected chi connectivity index (χ2v) is 6.78. The lowest BCUT2D eigenvalue weighted by Crippen LogP contribution is -2.47. The molecule has 0 N–H and O–H groups in total. The molecule has 4 rings (SSSR count). The fourth-order valence-electron chi connectivity index (χ4n) is 3.89. The lowest BCUT2D eigenvalue weighted by molar-refractivity contribution is -0.186. The van der Waals surface area contributed by atoms with E-state index in [2.05, 4.69) is 34.1 Å². The monoisotopic (exact) mass is 308 g/mol. The van der Waals surface area contributed by atoms with Crippen LogP contribution in [0.25, 0.3) is 0 Å². The quantitative estimate of drug-likeness (QED) is 0.729. The van der Waals surface area contributed by atoms with Gasteiger partial charge in [0.25, 0.3) is 0 Å². The van der Waals surface area contributed by atoms with Gasteiger partial charge in [-0.25, -0.2) is 0 Å². The van der Waals surface area contributed by atoms with Crippen molar-refractivity contribution in [1.82, 2.24) is 0 Å². The second-order valence-electron chi connectivity index (χ2n) is 5.87. The van der Waals surface area contributed by atoms with Gasteiger partial charge in [-0.3, -0.25) is 0 Å². The zero-order valence-corrected chi connectivity index (χ0v) is 12.0. The molecular weight excluding hydrogens is 292 g/mol. The minimum atomic E-state index is -0.229. The standard InChI is InChI=1S/C15H17BrO2/c16-12-2-1-11-10-14(13(11)9-12)3-5-15(6-4-14)17-7-8-18-15/h1-2,9H,3-8,10H2. The largest absolute Gasteiger partial charge is 0.348 e. The topological polar surface area (TPSA) is 18.5 Å².